The standard InChI is InChI=1S/C20H40N2/c1-17(2)6-5-11-21-12-7-19(8-13-21)16-22-14-9-20(10-15-22)18(3)4/h17-20H,5-16H2,1-4H3. The summed E-state index contributed by atoms with van der Waals surface area (Å²) < 4.78 is 0. The fourth-order valence-electron chi connectivity index (χ4n) is 4.28. The highest BCUT2D eigenvalue weighted by Gasteiger charge is 2.25. The largest absolute Gasteiger partial charge is 0.303 e. The van der Waals surface area contributed by atoms with E-state index < -0.39 is 0 Å². The van der Waals surface area contributed by atoms with Crippen LogP contribution in [0.1, 0.15) is 66.2 Å². The van der Waals surface area contributed by atoms with Gasteiger partial charge in [-0.1, -0.05) is 27.7 Å². The van der Waals surface area contributed by atoms with E-state index in [0.717, 1.165) is 23.7 Å². The van der Waals surface area contributed by atoms with E-state index in [0.29, 0.717) is 0 Å². The average molecular weight is 309 g/mol. The van der Waals surface area contributed by atoms with Crippen LogP contribution >= 0.6 is 0 Å². The Balaban J connectivity index is 1.58. The molecule has 0 aromatic carbocycles. The molecule has 0 spiro atoms. The molecule has 0 unspecified atom stereocenters. The van der Waals surface area contributed by atoms with Crippen LogP contribution in [0, 0.1) is 23.7 Å². The van der Waals surface area contributed by atoms with Crippen LogP contribution in [0.15, 0.2) is 0 Å². The second-order valence-corrected chi connectivity index (χ2v) is 8.70. The summed E-state index contributed by atoms with van der Waals surface area (Å²) in [5.74, 6) is 3.71. The van der Waals surface area contributed by atoms with Gasteiger partial charge in [0.1, 0.15) is 0 Å². The molecule has 130 valence electrons. The Labute approximate surface area is 139 Å². The number of nitrogens with zero attached hydrogens (tertiary/aromatic N) is 2. The number of hydrogen-bond acceptors (Lipinski definition) is 2. The molecule has 2 nitrogen and oxygen atoms in total. The van der Waals surface area contributed by atoms with Crippen molar-refractivity contribution in [1.29, 1.82) is 0 Å². The molecule has 2 aliphatic heterocycles. The molecule has 0 radical (unpaired) electrons. The predicted molar refractivity (Wildman–Crippen MR) is 97.2 cm³/mol. The van der Waals surface area contributed by atoms with E-state index in [9.17, 15) is 0 Å². The summed E-state index contributed by atoms with van der Waals surface area (Å²) in [5, 5.41) is 0. The lowest BCUT2D eigenvalue weighted by Gasteiger charge is -2.38. The fourth-order valence-corrected chi connectivity index (χ4v) is 4.28. The molecule has 0 aromatic rings. The van der Waals surface area contributed by atoms with Gasteiger partial charge >= 0.3 is 0 Å². The van der Waals surface area contributed by atoms with E-state index in [1.165, 1.54) is 77.8 Å². The van der Waals surface area contributed by atoms with Crippen molar-refractivity contribution in [3.8, 4) is 0 Å². The minimum absolute atomic E-state index is 0.867. The van der Waals surface area contributed by atoms with E-state index in [2.05, 4.69) is 37.5 Å². The van der Waals surface area contributed by atoms with Crippen LogP contribution in [0.5, 0.6) is 0 Å². The maximum absolute atomic E-state index is 2.76. The number of hydrogen-bond donors (Lipinski definition) is 0. The van der Waals surface area contributed by atoms with E-state index in [1.807, 2.05) is 0 Å². The molecule has 0 amide bonds. The number of likely N-dealkylation sites (tertiary alicyclic amines) is 2. The molecule has 2 aliphatic rings. The van der Waals surface area contributed by atoms with Crippen molar-refractivity contribution in [2.24, 2.45) is 23.7 Å². The third-order valence-electron chi connectivity index (χ3n) is 6.05. The Morgan fingerprint density at radius 3 is 1.95 bits per heavy atom. The van der Waals surface area contributed by atoms with Crippen molar-refractivity contribution in [1.82, 2.24) is 9.80 Å². The quantitative estimate of drug-likeness (QED) is 0.683. The van der Waals surface area contributed by atoms with Crippen LogP contribution in [-0.2, 0) is 0 Å². The first-order valence-electron chi connectivity index (χ1n) is 9.99. The van der Waals surface area contributed by atoms with Crippen molar-refractivity contribution in [2.45, 2.75) is 66.2 Å². The lowest BCUT2D eigenvalue weighted by atomic mass is 9.86. The predicted octanol–water partition coefficient (Wildman–Crippen LogP) is 4.50. The molecule has 2 heterocycles. The van der Waals surface area contributed by atoms with Gasteiger partial charge in [0.25, 0.3) is 0 Å². The zero-order chi connectivity index (χ0) is 15.9. The normalized spacial score (nSPS) is 23.7. The second-order valence-electron chi connectivity index (χ2n) is 8.70. The third kappa shape index (κ3) is 6.20. The second kappa shape index (κ2) is 9.27. The van der Waals surface area contributed by atoms with Crippen molar-refractivity contribution in [3.05, 3.63) is 0 Å². The third-order valence-corrected chi connectivity index (χ3v) is 6.05. The zero-order valence-electron chi connectivity index (χ0n) is 15.7. The van der Waals surface area contributed by atoms with Crippen LogP contribution in [0.2, 0.25) is 0 Å². The average Bonchev–Trinajstić information content (AvgIpc) is 2.49. The molecule has 2 heteroatoms. The minimum Gasteiger partial charge on any atom is -0.303 e. The molecule has 0 aliphatic carbocycles. The highest BCUT2D eigenvalue weighted by molar-refractivity contribution is 4.79. The van der Waals surface area contributed by atoms with Gasteiger partial charge in [-0.2, -0.15) is 0 Å². The first kappa shape index (κ1) is 18.3. The first-order valence-corrected chi connectivity index (χ1v) is 9.99. The minimum atomic E-state index is 0.867. The molecule has 0 N–H and O–H groups in total. The molecule has 0 aromatic heterocycles. The maximum atomic E-state index is 2.76. The monoisotopic (exact) mass is 308 g/mol. The van der Waals surface area contributed by atoms with Gasteiger partial charge in [-0.25, -0.2) is 0 Å². The van der Waals surface area contributed by atoms with Gasteiger partial charge in [0.2, 0.25) is 0 Å². The molecule has 22 heavy (non-hydrogen) atoms. The molecular formula is C20H40N2. The molecule has 2 rings (SSSR count). The van der Waals surface area contributed by atoms with Crippen LogP contribution in [0.3, 0.4) is 0 Å². The molecule has 0 bridgehead atoms. The van der Waals surface area contributed by atoms with Gasteiger partial charge in [-0.05, 0) is 94.9 Å². The summed E-state index contributed by atoms with van der Waals surface area (Å²) in [4.78, 5) is 5.47. The summed E-state index contributed by atoms with van der Waals surface area (Å²) in [6.45, 7) is 17.6. The van der Waals surface area contributed by atoms with Crippen LogP contribution in [0.4, 0.5) is 0 Å². The summed E-state index contributed by atoms with van der Waals surface area (Å²) >= 11 is 0. The van der Waals surface area contributed by atoms with Crippen molar-refractivity contribution in [3.63, 3.8) is 0 Å². The summed E-state index contributed by atoms with van der Waals surface area (Å²) in [7, 11) is 0. The Kier molecular flexibility index (Phi) is 7.70. The Bertz CT molecular complexity index is 284. The Morgan fingerprint density at radius 2 is 1.41 bits per heavy atom. The van der Waals surface area contributed by atoms with Gasteiger partial charge in [0.05, 0.1) is 0 Å². The molecule has 0 atom stereocenters. The van der Waals surface area contributed by atoms with E-state index in [1.54, 1.807) is 0 Å². The molecule has 2 saturated heterocycles. The van der Waals surface area contributed by atoms with E-state index in [4.69, 9.17) is 0 Å². The van der Waals surface area contributed by atoms with Gasteiger partial charge in [-0.15, -0.1) is 0 Å². The van der Waals surface area contributed by atoms with E-state index >= 15 is 0 Å². The lowest BCUT2D eigenvalue weighted by Crippen LogP contribution is -2.42. The van der Waals surface area contributed by atoms with Crippen molar-refractivity contribution >= 4 is 0 Å². The highest BCUT2D eigenvalue weighted by atomic mass is 15.1. The smallest absolute Gasteiger partial charge is 0.00106 e. The first-order chi connectivity index (χ1) is 10.5. The summed E-state index contributed by atoms with van der Waals surface area (Å²) in [5.41, 5.74) is 0. The highest BCUT2D eigenvalue weighted by Crippen LogP contribution is 2.26. The van der Waals surface area contributed by atoms with E-state index in [-0.39, 0.29) is 0 Å². The molecule has 0 saturated carbocycles. The van der Waals surface area contributed by atoms with Crippen molar-refractivity contribution in [2.75, 3.05) is 39.3 Å². The van der Waals surface area contributed by atoms with Gasteiger partial charge in [0, 0.05) is 6.54 Å². The van der Waals surface area contributed by atoms with Gasteiger partial charge < -0.3 is 9.80 Å². The zero-order valence-corrected chi connectivity index (χ0v) is 15.7. The summed E-state index contributed by atoms with van der Waals surface area (Å²) in [6.07, 6.45) is 8.53. The maximum Gasteiger partial charge on any atom is 0.00106 e. The Hall–Kier alpha value is -0.0800. The van der Waals surface area contributed by atoms with Gasteiger partial charge in [-0.3, -0.25) is 0 Å². The lowest BCUT2D eigenvalue weighted by molar-refractivity contribution is 0.107. The SMILES string of the molecule is CC(C)CCCN1CCC(CN2CCC(C(C)C)CC2)CC1. The molecular weight excluding hydrogens is 268 g/mol. The van der Waals surface area contributed by atoms with Crippen molar-refractivity contribution < 1.29 is 0 Å². The van der Waals surface area contributed by atoms with Gasteiger partial charge in [0.15, 0.2) is 0 Å². The summed E-state index contributed by atoms with van der Waals surface area (Å²) in [6, 6.07) is 0. The van der Waals surface area contributed by atoms with Crippen LogP contribution < -0.4 is 0 Å². The van der Waals surface area contributed by atoms with Crippen LogP contribution in [-0.4, -0.2) is 49.1 Å². The number of piperidine rings is 2. The van der Waals surface area contributed by atoms with Crippen LogP contribution in [0.25, 0.3) is 0 Å². The molecule has 2 fully saturated rings. The topological polar surface area (TPSA) is 6.48 Å². The number of rotatable bonds is 7. The Morgan fingerprint density at radius 1 is 0.818 bits per heavy atom. The fraction of sp³-hybridized carbons (Fsp3) is 1.00.